The summed E-state index contributed by atoms with van der Waals surface area (Å²) in [5.74, 6) is 3.49. The molecule has 2 rings (SSSR count). The van der Waals surface area contributed by atoms with Crippen LogP contribution in [0.4, 0.5) is 0 Å². The Hall–Kier alpha value is -0.940. The fraction of sp³-hybridized carbons (Fsp3) is 0.850. The molecule has 0 saturated carbocycles. The van der Waals surface area contributed by atoms with Crippen molar-refractivity contribution in [3.63, 3.8) is 0 Å². The van der Waals surface area contributed by atoms with E-state index in [1.807, 2.05) is 25.5 Å². The number of likely N-dealkylation sites (tertiary alicyclic amines) is 1. The average molecular weight is 521 g/mol. The molecule has 0 amide bonds. The quantitative estimate of drug-likeness (QED) is 0.209. The molecule has 1 atom stereocenters. The summed E-state index contributed by atoms with van der Waals surface area (Å²) in [7, 11) is 1.99. The Kier molecular flexibility index (Phi) is 12.7. The van der Waals surface area contributed by atoms with Gasteiger partial charge in [0.05, 0.1) is 0 Å². The van der Waals surface area contributed by atoms with Crippen LogP contribution in [0.1, 0.15) is 45.3 Å². The summed E-state index contributed by atoms with van der Waals surface area (Å²) in [4.78, 5) is 9.79. The van der Waals surface area contributed by atoms with Gasteiger partial charge in [-0.1, -0.05) is 13.8 Å². The third-order valence-electron chi connectivity index (χ3n) is 5.50. The molecule has 1 fully saturated rings. The SMILES string of the molecule is CCOCCCNC(=NCc1nnc(C)n1C)N1CCC(CN(CC)CC)C1.I. The van der Waals surface area contributed by atoms with Gasteiger partial charge in [-0.25, -0.2) is 4.99 Å². The van der Waals surface area contributed by atoms with Gasteiger partial charge in [0.2, 0.25) is 0 Å². The van der Waals surface area contributed by atoms with Crippen LogP contribution in [0.25, 0.3) is 0 Å². The van der Waals surface area contributed by atoms with Gasteiger partial charge in [-0.3, -0.25) is 0 Å². The zero-order chi connectivity index (χ0) is 20.4. The molecule has 0 aromatic carbocycles. The van der Waals surface area contributed by atoms with Gasteiger partial charge in [-0.2, -0.15) is 0 Å². The molecule has 1 N–H and O–H groups in total. The van der Waals surface area contributed by atoms with E-state index in [1.54, 1.807) is 0 Å². The fourth-order valence-corrected chi connectivity index (χ4v) is 3.54. The van der Waals surface area contributed by atoms with Gasteiger partial charge >= 0.3 is 0 Å². The molecule has 1 aromatic heterocycles. The third kappa shape index (κ3) is 8.37. The van der Waals surface area contributed by atoms with E-state index in [1.165, 1.54) is 13.0 Å². The molecular weight excluding hydrogens is 481 g/mol. The largest absolute Gasteiger partial charge is 0.382 e. The van der Waals surface area contributed by atoms with E-state index >= 15 is 0 Å². The van der Waals surface area contributed by atoms with E-state index in [2.05, 4.69) is 39.2 Å². The fourth-order valence-electron chi connectivity index (χ4n) is 3.54. The van der Waals surface area contributed by atoms with Gasteiger partial charge in [-0.05, 0) is 45.7 Å². The molecule has 0 radical (unpaired) electrons. The number of aliphatic imine (C=N–C) groups is 1. The van der Waals surface area contributed by atoms with Crippen molar-refractivity contribution in [2.24, 2.45) is 18.0 Å². The van der Waals surface area contributed by atoms with Crippen molar-refractivity contribution in [2.45, 2.75) is 47.1 Å². The molecule has 9 heteroatoms. The maximum atomic E-state index is 5.45. The lowest BCUT2D eigenvalue weighted by Crippen LogP contribution is -2.41. The van der Waals surface area contributed by atoms with Gasteiger partial charge in [0.15, 0.2) is 11.8 Å². The van der Waals surface area contributed by atoms with Gasteiger partial charge in [-0.15, -0.1) is 34.2 Å². The first kappa shape index (κ1) is 26.1. The van der Waals surface area contributed by atoms with Crippen molar-refractivity contribution in [1.29, 1.82) is 0 Å². The standard InChI is InChI=1S/C20H39N7O.HI/c1-6-26(7-2)15-18-10-12-27(16-18)20(21-11-9-13-28-8-3)22-14-19-24-23-17(4)25(19)5;/h18H,6-16H2,1-5H3,(H,21,22);1H. The third-order valence-corrected chi connectivity index (χ3v) is 5.50. The number of hydrogen-bond acceptors (Lipinski definition) is 5. The molecule has 1 aliphatic rings. The van der Waals surface area contributed by atoms with Gasteiger partial charge in [0, 0.05) is 46.4 Å². The van der Waals surface area contributed by atoms with Crippen LogP contribution < -0.4 is 5.32 Å². The van der Waals surface area contributed by atoms with Crippen molar-refractivity contribution in [3.05, 3.63) is 11.6 Å². The van der Waals surface area contributed by atoms with Crippen molar-refractivity contribution < 1.29 is 4.74 Å². The maximum Gasteiger partial charge on any atom is 0.194 e. The molecule has 1 aromatic rings. The van der Waals surface area contributed by atoms with E-state index in [4.69, 9.17) is 9.73 Å². The van der Waals surface area contributed by atoms with Crippen LogP contribution in [0.3, 0.4) is 0 Å². The molecular formula is C20H40IN7O. The number of aromatic nitrogens is 3. The molecule has 1 unspecified atom stereocenters. The summed E-state index contributed by atoms with van der Waals surface area (Å²) in [6.07, 6.45) is 2.20. The summed E-state index contributed by atoms with van der Waals surface area (Å²) in [5, 5.41) is 11.9. The Morgan fingerprint density at radius 2 is 2.03 bits per heavy atom. The van der Waals surface area contributed by atoms with E-state index in [-0.39, 0.29) is 24.0 Å². The number of hydrogen-bond donors (Lipinski definition) is 1. The number of rotatable bonds is 11. The van der Waals surface area contributed by atoms with Crippen LogP contribution in [0.5, 0.6) is 0 Å². The van der Waals surface area contributed by atoms with Crippen molar-refractivity contribution in [1.82, 2.24) is 29.9 Å². The lowest BCUT2D eigenvalue weighted by molar-refractivity contribution is 0.145. The van der Waals surface area contributed by atoms with Crippen LogP contribution in [0, 0.1) is 12.8 Å². The predicted molar refractivity (Wildman–Crippen MR) is 129 cm³/mol. The molecule has 0 spiro atoms. The van der Waals surface area contributed by atoms with Gasteiger partial charge < -0.3 is 24.4 Å². The number of nitrogens with zero attached hydrogens (tertiary/aromatic N) is 6. The van der Waals surface area contributed by atoms with Gasteiger partial charge in [0.1, 0.15) is 12.4 Å². The minimum atomic E-state index is 0. The number of ether oxygens (including phenoxy) is 1. The average Bonchev–Trinajstić information content (AvgIpc) is 3.29. The highest BCUT2D eigenvalue weighted by Crippen LogP contribution is 2.18. The molecule has 29 heavy (non-hydrogen) atoms. The minimum Gasteiger partial charge on any atom is -0.382 e. The lowest BCUT2D eigenvalue weighted by atomic mass is 10.1. The second-order valence-electron chi connectivity index (χ2n) is 7.43. The smallest absolute Gasteiger partial charge is 0.194 e. The zero-order valence-corrected chi connectivity index (χ0v) is 21.2. The second-order valence-corrected chi connectivity index (χ2v) is 7.43. The summed E-state index contributed by atoms with van der Waals surface area (Å²) in [6, 6.07) is 0. The monoisotopic (exact) mass is 521 g/mol. The first-order chi connectivity index (χ1) is 13.6. The van der Waals surface area contributed by atoms with E-state index in [0.29, 0.717) is 12.5 Å². The Labute approximate surface area is 193 Å². The van der Waals surface area contributed by atoms with Gasteiger partial charge in [0.25, 0.3) is 0 Å². The highest BCUT2D eigenvalue weighted by Gasteiger charge is 2.26. The van der Waals surface area contributed by atoms with Crippen LogP contribution >= 0.6 is 24.0 Å². The Morgan fingerprint density at radius 3 is 2.66 bits per heavy atom. The zero-order valence-electron chi connectivity index (χ0n) is 18.9. The van der Waals surface area contributed by atoms with Crippen molar-refractivity contribution in [3.8, 4) is 0 Å². The lowest BCUT2D eigenvalue weighted by Gasteiger charge is -2.24. The Morgan fingerprint density at radius 1 is 1.28 bits per heavy atom. The van der Waals surface area contributed by atoms with E-state index < -0.39 is 0 Å². The van der Waals surface area contributed by atoms with Crippen LogP contribution in [0.2, 0.25) is 0 Å². The first-order valence-electron chi connectivity index (χ1n) is 10.8. The number of guanidine groups is 1. The maximum absolute atomic E-state index is 5.45. The molecule has 0 bridgehead atoms. The highest BCUT2D eigenvalue weighted by molar-refractivity contribution is 14.0. The van der Waals surface area contributed by atoms with Crippen LogP contribution in [-0.2, 0) is 18.3 Å². The Balaban J connectivity index is 0.00000420. The topological polar surface area (TPSA) is 70.8 Å². The van der Waals surface area contributed by atoms with Crippen molar-refractivity contribution >= 4 is 29.9 Å². The highest BCUT2D eigenvalue weighted by atomic mass is 127. The summed E-state index contributed by atoms with van der Waals surface area (Å²) in [5.41, 5.74) is 0. The summed E-state index contributed by atoms with van der Waals surface area (Å²) < 4.78 is 7.46. The van der Waals surface area contributed by atoms with Crippen molar-refractivity contribution in [2.75, 3.05) is 52.5 Å². The predicted octanol–water partition coefficient (Wildman–Crippen LogP) is 2.28. The number of halogens is 1. The molecule has 168 valence electrons. The van der Waals surface area contributed by atoms with Crippen LogP contribution in [-0.4, -0.2) is 83.0 Å². The Bertz CT molecular complexity index is 604. The molecule has 0 aliphatic carbocycles. The van der Waals surface area contributed by atoms with Crippen LogP contribution in [0.15, 0.2) is 4.99 Å². The summed E-state index contributed by atoms with van der Waals surface area (Å²) in [6.45, 7) is 17.0. The number of aryl methyl sites for hydroxylation is 1. The normalized spacial score (nSPS) is 17.1. The molecule has 8 nitrogen and oxygen atoms in total. The molecule has 1 saturated heterocycles. The molecule has 2 heterocycles. The van der Waals surface area contributed by atoms with E-state index in [9.17, 15) is 0 Å². The summed E-state index contributed by atoms with van der Waals surface area (Å²) >= 11 is 0. The first-order valence-corrected chi connectivity index (χ1v) is 10.8. The molecule has 1 aliphatic heterocycles. The second kappa shape index (κ2) is 14.1. The van der Waals surface area contributed by atoms with E-state index in [0.717, 1.165) is 70.0 Å². The minimum absolute atomic E-state index is 0. The number of nitrogens with one attached hydrogen (secondary N) is 1.